The van der Waals surface area contributed by atoms with Crippen LogP contribution in [0.2, 0.25) is 0 Å². The summed E-state index contributed by atoms with van der Waals surface area (Å²) in [4.78, 5) is 8.01. The molecule has 0 aromatic carbocycles. The van der Waals surface area contributed by atoms with Crippen LogP contribution in [0.3, 0.4) is 0 Å². The van der Waals surface area contributed by atoms with Crippen LogP contribution in [0, 0.1) is 0 Å². The zero-order chi connectivity index (χ0) is 11.4. The van der Waals surface area contributed by atoms with Crippen LogP contribution in [0.25, 0.3) is 0 Å². The first-order valence-corrected chi connectivity index (χ1v) is 7.01. The number of hydrogen-bond acceptors (Lipinski definition) is 4. The number of thiazole rings is 1. The normalized spacial score (nSPS) is 23.8. The zero-order valence-electron chi connectivity index (χ0n) is 10.1. The molecule has 4 heteroatoms. The predicted molar refractivity (Wildman–Crippen MR) is 68.8 cm³/mol. The molecule has 1 aliphatic heterocycles. The molecule has 1 aromatic heterocycles. The molecule has 0 amide bonds. The molecule has 0 spiro atoms. The van der Waals surface area contributed by atoms with Crippen molar-refractivity contribution in [2.75, 3.05) is 19.6 Å². The summed E-state index contributed by atoms with van der Waals surface area (Å²) in [7, 11) is 0. The Labute approximate surface area is 102 Å². The van der Waals surface area contributed by atoms with Gasteiger partial charge in [0.05, 0.1) is 5.51 Å². The number of rotatable bonds is 5. The number of aromatic nitrogens is 1. The van der Waals surface area contributed by atoms with E-state index < -0.39 is 0 Å². The molecular weight excluding hydrogens is 218 g/mol. The van der Waals surface area contributed by atoms with Crippen molar-refractivity contribution in [3.8, 4) is 0 Å². The highest BCUT2D eigenvalue weighted by atomic mass is 32.1. The molecule has 0 saturated carbocycles. The fourth-order valence-electron chi connectivity index (χ4n) is 2.29. The number of hydrogen-bond donors (Lipinski definition) is 1. The molecule has 0 aliphatic carbocycles. The van der Waals surface area contributed by atoms with Crippen LogP contribution >= 0.6 is 11.3 Å². The first-order chi connectivity index (χ1) is 7.77. The molecule has 90 valence electrons. The second kappa shape index (κ2) is 5.75. The van der Waals surface area contributed by atoms with Gasteiger partial charge in [-0.3, -0.25) is 9.88 Å². The topological polar surface area (TPSA) is 28.2 Å². The van der Waals surface area contributed by atoms with Crippen molar-refractivity contribution in [2.45, 2.75) is 38.8 Å². The molecule has 1 fully saturated rings. The fraction of sp³-hybridized carbons (Fsp3) is 0.750. The Bertz CT molecular complexity index is 299. The molecule has 1 aliphatic rings. The van der Waals surface area contributed by atoms with Gasteiger partial charge in [-0.25, -0.2) is 0 Å². The lowest BCUT2D eigenvalue weighted by Crippen LogP contribution is -2.34. The second-order valence-corrected chi connectivity index (χ2v) is 5.52. The summed E-state index contributed by atoms with van der Waals surface area (Å²) in [5.41, 5.74) is 1.90. The summed E-state index contributed by atoms with van der Waals surface area (Å²) in [6.45, 7) is 8.06. The van der Waals surface area contributed by atoms with Gasteiger partial charge in [-0.2, -0.15) is 0 Å². The van der Waals surface area contributed by atoms with Crippen molar-refractivity contribution < 1.29 is 0 Å². The van der Waals surface area contributed by atoms with Gasteiger partial charge in [0.1, 0.15) is 0 Å². The third kappa shape index (κ3) is 3.03. The molecule has 2 rings (SSSR count). The SMILES string of the molecule is CC(NCCN1CCCC1C)c1cncs1. The Morgan fingerprint density at radius 2 is 2.56 bits per heavy atom. The van der Waals surface area contributed by atoms with Gasteiger partial charge < -0.3 is 5.32 Å². The van der Waals surface area contributed by atoms with Crippen LogP contribution in [0.4, 0.5) is 0 Å². The molecule has 1 aromatic rings. The van der Waals surface area contributed by atoms with Crippen molar-refractivity contribution in [1.29, 1.82) is 0 Å². The maximum atomic E-state index is 4.11. The zero-order valence-corrected chi connectivity index (χ0v) is 11.0. The minimum Gasteiger partial charge on any atom is -0.308 e. The fourth-order valence-corrected chi connectivity index (χ4v) is 2.94. The van der Waals surface area contributed by atoms with Gasteiger partial charge in [-0.1, -0.05) is 0 Å². The molecule has 0 bridgehead atoms. The molecule has 0 radical (unpaired) electrons. The average Bonchev–Trinajstić information content (AvgIpc) is 2.90. The largest absolute Gasteiger partial charge is 0.308 e. The monoisotopic (exact) mass is 239 g/mol. The van der Waals surface area contributed by atoms with Crippen molar-refractivity contribution in [2.24, 2.45) is 0 Å². The van der Waals surface area contributed by atoms with Crippen molar-refractivity contribution in [1.82, 2.24) is 15.2 Å². The summed E-state index contributed by atoms with van der Waals surface area (Å²) in [6, 6.07) is 1.21. The molecule has 2 heterocycles. The molecule has 3 nitrogen and oxygen atoms in total. The van der Waals surface area contributed by atoms with E-state index in [1.54, 1.807) is 11.3 Å². The first kappa shape index (κ1) is 12.0. The Kier molecular flexibility index (Phi) is 4.32. The standard InChI is InChI=1S/C12H21N3S/c1-10-4-3-6-15(10)7-5-14-11(2)12-8-13-9-16-12/h8-11,14H,3-7H2,1-2H3. The predicted octanol–water partition coefficient (Wildman–Crippen LogP) is 2.28. The van der Waals surface area contributed by atoms with Gasteiger partial charge in [0, 0.05) is 36.2 Å². The summed E-state index contributed by atoms with van der Waals surface area (Å²) in [6.07, 6.45) is 4.69. The second-order valence-electron chi connectivity index (χ2n) is 4.61. The van der Waals surface area contributed by atoms with E-state index in [-0.39, 0.29) is 0 Å². The first-order valence-electron chi connectivity index (χ1n) is 6.13. The van der Waals surface area contributed by atoms with Crippen molar-refractivity contribution >= 4 is 11.3 Å². The van der Waals surface area contributed by atoms with Gasteiger partial charge in [-0.15, -0.1) is 11.3 Å². The van der Waals surface area contributed by atoms with Crippen molar-refractivity contribution in [3.05, 3.63) is 16.6 Å². The highest BCUT2D eigenvalue weighted by Crippen LogP contribution is 2.17. The maximum Gasteiger partial charge on any atom is 0.0794 e. The van der Waals surface area contributed by atoms with E-state index in [9.17, 15) is 0 Å². The van der Waals surface area contributed by atoms with Gasteiger partial charge in [0.2, 0.25) is 0 Å². The Morgan fingerprint density at radius 1 is 1.69 bits per heavy atom. The van der Waals surface area contributed by atoms with Crippen LogP contribution < -0.4 is 5.32 Å². The molecule has 1 N–H and O–H groups in total. The smallest absolute Gasteiger partial charge is 0.0794 e. The number of nitrogens with one attached hydrogen (secondary N) is 1. The maximum absolute atomic E-state index is 4.11. The van der Waals surface area contributed by atoms with Gasteiger partial charge in [0.15, 0.2) is 0 Å². The summed E-state index contributed by atoms with van der Waals surface area (Å²) in [5.74, 6) is 0. The van der Waals surface area contributed by atoms with Crippen LogP contribution in [-0.2, 0) is 0 Å². The lowest BCUT2D eigenvalue weighted by atomic mass is 10.2. The van der Waals surface area contributed by atoms with E-state index in [4.69, 9.17) is 0 Å². The van der Waals surface area contributed by atoms with E-state index in [1.165, 1.54) is 30.8 Å². The lowest BCUT2D eigenvalue weighted by molar-refractivity contribution is 0.265. The minimum absolute atomic E-state index is 0.436. The lowest BCUT2D eigenvalue weighted by Gasteiger charge is -2.22. The highest BCUT2D eigenvalue weighted by Gasteiger charge is 2.19. The Hall–Kier alpha value is -0.450. The number of likely N-dealkylation sites (tertiary alicyclic amines) is 1. The van der Waals surface area contributed by atoms with Crippen LogP contribution in [0.15, 0.2) is 11.7 Å². The molecule has 2 atom stereocenters. The highest BCUT2D eigenvalue weighted by molar-refractivity contribution is 7.09. The third-order valence-electron chi connectivity index (χ3n) is 3.42. The van der Waals surface area contributed by atoms with E-state index in [0.717, 1.165) is 12.6 Å². The van der Waals surface area contributed by atoms with E-state index in [2.05, 4.69) is 29.0 Å². The quantitative estimate of drug-likeness (QED) is 0.854. The van der Waals surface area contributed by atoms with E-state index >= 15 is 0 Å². The molecule has 16 heavy (non-hydrogen) atoms. The van der Waals surface area contributed by atoms with Crippen LogP contribution in [0.1, 0.15) is 37.6 Å². The van der Waals surface area contributed by atoms with Crippen LogP contribution in [0.5, 0.6) is 0 Å². The molecule has 2 unspecified atom stereocenters. The van der Waals surface area contributed by atoms with Crippen LogP contribution in [-0.4, -0.2) is 35.6 Å². The summed E-state index contributed by atoms with van der Waals surface area (Å²) < 4.78 is 0. The number of nitrogens with zero attached hydrogens (tertiary/aromatic N) is 2. The average molecular weight is 239 g/mol. The van der Waals surface area contributed by atoms with Gasteiger partial charge in [0.25, 0.3) is 0 Å². The van der Waals surface area contributed by atoms with E-state index in [0.29, 0.717) is 6.04 Å². The Morgan fingerprint density at radius 3 is 3.19 bits per heavy atom. The van der Waals surface area contributed by atoms with Crippen molar-refractivity contribution in [3.63, 3.8) is 0 Å². The van der Waals surface area contributed by atoms with Gasteiger partial charge >= 0.3 is 0 Å². The summed E-state index contributed by atoms with van der Waals surface area (Å²) in [5, 5.41) is 3.56. The minimum atomic E-state index is 0.436. The third-order valence-corrected chi connectivity index (χ3v) is 4.38. The van der Waals surface area contributed by atoms with Gasteiger partial charge in [-0.05, 0) is 33.2 Å². The molecular formula is C12H21N3S. The Balaban J connectivity index is 1.68. The summed E-state index contributed by atoms with van der Waals surface area (Å²) >= 11 is 1.73. The van der Waals surface area contributed by atoms with E-state index in [1.807, 2.05) is 11.7 Å². The molecule has 1 saturated heterocycles.